The van der Waals surface area contributed by atoms with E-state index in [1.807, 2.05) is 66.4 Å². The van der Waals surface area contributed by atoms with Gasteiger partial charge < -0.3 is 14.5 Å². The molecule has 0 aliphatic carbocycles. The monoisotopic (exact) mass is 433 g/mol. The van der Waals surface area contributed by atoms with Crippen LogP contribution in [0.5, 0.6) is 5.75 Å². The average Bonchev–Trinajstić information content (AvgIpc) is 3.37. The molecule has 1 aromatic heterocycles. The molecule has 0 unspecified atom stereocenters. The Labute approximate surface area is 183 Å². The van der Waals surface area contributed by atoms with E-state index in [9.17, 15) is 10.1 Å². The maximum absolute atomic E-state index is 13.0. The lowest BCUT2D eigenvalue weighted by Crippen LogP contribution is -2.26. The normalized spacial score (nSPS) is 12.5. The zero-order valence-electron chi connectivity index (χ0n) is 17.2. The molecule has 9 nitrogen and oxygen atoms in total. The van der Waals surface area contributed by atoms with Crippen molar-refractivity contribution in [3.63, 3.8) is 0 Å². The van der Waals surface area contributed by atoms with Crippen LogP contribution in [0, 0.1) is 11.3 Å². The van der Waals surface area contributed by atoms with Gasteiger partial charge in [-0.2, -0.15) is 9.94 Å². The third-order valence-electron chi connectivity index (χ3n) is 4.94. The number of tetrazole rings is 1. The summed E-state index contributed by atoms with van der Waals surface area (Å²) in [5.41, 5.74) is 2.63. The number of aromatic nitrogens is 4. The maximum atomic E-state index is 13.0. The summed E-state index contributed by atoms with van der Waals surface area (Å²) in [5.74, 6) is 0.872. The van der Waals surface area contributed by atoms with E-state index < -0.39 is 0 Å². The minimum Gasteiger partial charge on any atom is -0.494 e. The van der Waals surface area contributed by atoms with Gasteiger partial charge in [0.2, 0.25) is 5.16 Å². The Morgan fingerprint density at radius 2 is 1.68 bits per heavy atom. The van der Waals surface area contributed by atoms with Crippen LogP contribution in [0.4, 0.5) is 11.4 Å². The number of methoxy groups -OCH3 is 1. The lowest BCUT2D eigenvalue weighted by atomic mass is 10.2. The Bertz CT molecular complexity index is 1180. The molecule has 0 saturated carbocycles. The van der Waals surface area contributed by atoms with E-state index >= 15 is 0 Å². The molecule has 0 amide bonds. The van der Waals surface area contributed by atoms with Crippen molar-refractivity contribution in [1.82, 2.24) is 20.2 Å². The molecule has 0 fully saturated rings. The van der Waals surface area contributed by atoms with Gasteiger partial charge in [0, 0.05) is 14.1 Å². The molecule has 0 N–H and O–H groups in total. The third-order valence-corrected chi connectivity index (χ3v) is 5.86. The van der Waals surface area contributed by atoms with Crippen molar-refractivity contribution in [2.45, 2.75) is 5.16 Å². The second kappa shape index (κ2) is 8.49. The quantitative estimate of drug-likeness (QED) is 0.330. The molecule has 0 radical (unpaired) electrons. The van der Waals surface area contributed by atoms with Gasteiger partial charge in [-0.1, -0.05) is 36.0 Å². The molecule has 1 aliphatic heterocycles. The molecule has 0 atom stereocenters. The zero-order chi connectivity index (χ0) is 22.0. The van der Waals surface area contributed by atoms with Gasteiger partial charge in [-0.25, -0.2) is 0 Å². The molecular formula is C21H19N7O2S. The van der Waals surface area contributed by atoms with Crippen molar-refractivity contribution in [3.8, 4) is 17.5 Å². The number of benzene rings is 2. The van der Waals surface area contributed by atoms with Gasteiger partial charge in [-0.3, -0.25) is 4.79 Å². The van der Waals surface area contributed by atoms with Gasteiger partial charge in [0.15, 0.2) is 5.78 Å². The second-order valence-electron chi connectivity index (χ2n) is 6.67. The van der Waals surface area contributed by atoms with Gasteiger partial charge >= 0.3 is 0 Å². The van der Waals surface area contributed by atoms with Crippen LogP contribution in [0.25, 0.3) is 5.69 Å². The predicted octanol–water partition coefficient (Wildman–Crippen LogP) is 2.65. The van der Waals surface area contributed by atoms with Crippen LogP contribution in [0.3, 0.4) is 0 Å². The number of allylic oxidation sites excluding steroid dienone is 1. The number of carbonyl (C=O) groups is 1. The van der Waals surface area contributed by atoms with Crippen molar-refractivity contribution in [2.24, 2.45) is 0 Å². The van der Waals surface area contributed by atoms with E-state index in [2.05, 4.69) is 21.6 Å². The molecule has 4 rings (SSSR count). The largest absolute Gasteiger partial charge is 0.494 e. The summed E-state index contributed by atoms with van der Waals surface area (Å²) in [6.45, 7) is 0. The van der Waals surface area contributed by atoms with Crippen molar-refractivity contribution in [2.75, 3.05) is 36.8 Å². The number of hydrogen-bond donors (Lipinski definition) is 0. The van der Waals surface area contributed by atoms with Crippen molar-refractivity contribution in [1.29, 1.82) is 5.26 Å². The highest BCUT2D eigenvalue weighted by Crippen LogP contribution is 2.40. The minimum atomic E-state index is -0.302. The number of hydrogen-bond acceptors (Lipinski definition) is 9. The SMILES string of the molecule is COc1ccccc1-n1nnnc1SCC(=O)C(C#N)=C1N(C)c2ccccc2N1C. The van der Waals surface area contributed by atoms with Crippen LogP contribution in [-0.4, -0.2) is 52.9 Å². The Morgan fingerprint density at radius 3 is 2.29 bits per heavy atom. The molecule has 0 bridgehead atoms. The molecule has 0 saturated heterocycles. The Kier molecular flexibility index (Phi) is 5.60. The van der Waals surface area contributed by atoms with Crippen molar-refractivity contribution >= 4 is 28.9 Å². The number of nitriles is 1. The fourth-order valence-corrected chi connectivity index (χ4v) is 4.24. The molecule has 3 aromatic rings. The lowest BCUT2D eigenvalue weighted by Gasteiger charge is -2.19. The van der Waals surface area contributed by atoms with Crippen LogP contribution in [0.1, 0.15) is 0 Å². The Morgan fingerprint density at radius 1 is 1.06 bits per heavy atom. The van der Waals surface area contributed by atoms with Gasteiger partial charge in [0.25, 0.3) is 0 Å². The van der Waals surface area contributed by atoms with Crippen LogP contribution in [0.15, 0.2) is 65.1 Å². The number of Topliss-reactive ketones (excluding diaryl/α,β-unsaturated/α-hetero) is 1. The first-order valence-corrected chi connectivity index (χ1v) is 10.3. The summed E-state index contributed by atoms with van der Waals surface area (Å²) in [5, 5.41) is 22.0. The minimum absolute atomic E-state index is 0.0138. The summed E-state index contributed by atoms with van der Waals surface area (Å²) in [6, 6.07) is 17.2. The summed E-state index contributed by atoms with van der Waals surface area (Å²) < 4.78 is 6.89. The van der Waals surface area contributed by atoms with Gasteiger partial charge in [-0.05, 0) is 34.7 Å². The number of anilines is 2. The lowest BCUT2D eigenvalue weighted by molar-refractivity contribution is -0.112. The number of fused-ring (bicyclic) bond motifs is 1. The van der Waals surface area contributed by atoms with E-state index in [0.29, 0.717) is 22.4 Å². The Hall–Kier alpha value is -3.84. The Balaban J connectivity index is 1.58. The number of ketones is 1. The number of para-hydroxylation sites is 4. The van der Waals surface area contributed by atoms with E-state index in [1.165, 1.54) is 4.68 Å². The fourth-order valence-electron chi connectivity index (χ4n) is 3.48. The van der Waals surface area contributed by atoms with E-state index in [4.69, 9.17) is 4.74 Å². The van der Waals surface area contributed by atoms with Crippen molar-refractivity contribution in [3.05, 3.63) is 59.9 Å². The van der Waals surface area contributed by atoms with Gasteiger partial charge in [0.1, 0.15) is 28.9 Å². The number of nitrogens with zero attached hydrogens (tertiary/aromatic N) is 7. The summed E-state index contributed by atoms with van der Waals surface area (Å²) >= 11 is 1.16. The molecular weight excluding hydrogens is 414 g/mol. The second-order valence-corrected chi connectivity index (χ2v) is 7.62. The standard InChI is InChI=1S/C21H19N7O2S/c1-26-15-8-4-5-9-16(15)27(2)20(26)14(12-22)18(29)13-31-21-23-24-25-28(21)17-10-6-7-11-19(17)30-3/h4-11H,13H2,1-3H3. The summed E-state index contributed by atoms with van der Waals surface area (Å²) in [7, 11) is 5.26. The highest BCUT2D eigenvalue weighted by Gasteiger charge is 2.31. The highest BCUT2D eigenvalue weighted by molar-refractivity contribution is 7.99. The number of ether oxygens (including phenoxy) is 1. The topological polar surface area (TPSA) is 100 Å². The van der Waals surface area contributed by atoms with Crippen LogP contribution in [0.2, 0.25) is 0 Å². The average molecular weight is 433 g/mol. The fraction of sp³-hybridized carbons (Fsp3) is 0.190. The highest BCUT2D eigenvalue weighted by atomic mass is 32.2. The summed E-state index contributed by atoms with van der Waals surface area (Å²) in [4.78, 5) is 16.7. The molecule has 10 heteroatoms. The molecule has 31 heavy (non-hydrogen) atoms. The number of rotatable bonds is 6. The molecule has 1 aliphatic rings. The molecule has 156 valence electrons. The van der Waals surface area contributed by atoms with Crippen LogP contribution < -0.4 is 14.5 Å². The van der Waals surface area contributed by atoms with Crippen LogP contribution in [-0.2, 0) is 4.79 Å². The first-order chi connectivity index (χ1) is 15.1. The van der Waals surface area contributed by atoms with E-state index in [0.717, 1.165) is 23.1 Å². The van der Waals surface area contributed by atoms with Crippen molar-refractivity contribution < 1.29 is 9.53 Å². The van der Waals surface area contributed by atoms with E-state index in [-0.39, 0.29) is 17.1 Å². The zero-order valence-corrected chi connectivity index (χ0v) is 18.0. The first-order valence-electron chi connectivity index (χ1n) is 9.35. The molecule has 0 spiro atoms. The van der Waals surface area contributed by atoms with E-state index in [1.54, 1.807) is 13.2 Å². The molecule has 2 heterocycles. The van der Waals surface area contributed by atoms with Gasteiger partial charge in [-0.15, -0.1) is 5.10 Å². The smallest absolute Gasteiger partial charge is 0.214 e. The number of carbonyl (C=O) groups excluding carboxylic acids is 1. The maximum Gasteiger partial charge on any atom is 0.214 e. The van der Waals surface area contributed by atoms with Crippen LogP contribution >= 0.6 is 11.8 Å². The van der Waals surface area contributed by atoms with Gasteiger partial charge in [0.05, 0.1) is 24.2 Å². The number of thioether (sulfide) groups is 1. The third kappa shape index (κ3) is 3.60. The molecule has 2 aromatic carbocycles. The first kappa shape index (κ1) is 20.4. The predicted molar refractivity (Wildman–Crippen MR) is 117 cm³/mol. The summed E-state index contributed by atoms with van der Waals surface area (Å²) in [6.07, 6.45) is 0.